The van der Waals surface area contributed by atoms with Crippen molar-refractivity contribution in [3.05, 3.63) is 53.6 Å². The highest BCUT2D eigenvalue weighted by Crippen LogP contribution is 2.52. The molecule has 2 aromatic carbocycles. The van der Waals surface area contributed by atoms with Crippen molar-refractivity contribution in [1.82, 2.24) is 9.31 Å². The Kier molecular flexibility index (Phi) is 5.05. The number of hydrogen-bond donors (Lipinski definition) is 0. The highest BCUT2D eigenvalue weighted by atomic mass is 32.2. The summed E-state index contributed by atoms with van der Waals surface area (Å²) in [5.74, 6) is 2.22. The second-order valence-electron chi connectivity index (χ2n) is 8.43. The van der Waals surface area contributed by atoms with E-state index in [1.807, 2.05) is 36.4 Å². The maximum Gasteiger partial charge on any atom is 0.211 e. The molecule has 0 aliphatic carbocycles. The summed E-state index contributed by atoms with van der Waals surface area (Å²) in [5, 5.41) is 7.09. The van der Waals surface area contributed by atoms with Crippen LogP contribution in [0.4, 0.5) is 0 Å². The fourth-order valence-electron chi connectivity index (χ4n) is 4.89. The first-order valence-corrected chi connectivity index (χ1v) is 12.5. The Morgan fingerprint density at radius 1 is 1.06 bits per heavy atom. The van der Waals surface area contributed by atoms with E-state index in [0.717, 1.165) is 34.8 Å². The molecule has 32 heavy (non-hydrogen) atoms. The average molecular weight is 458 g/mol. The number of benzene rings is 2. The van der Waals surface area contributed by atoms with Gasteiger partial charge in [0.1, 0.15) is 5.75 Å². The van der Waals surface area contributed by atoms with Gasteiger partial charge in [-0.05, 0) is 35.9 Å². The number of hydrogen-bond acceptors (Lipinski definition) is 7. The van der Waals surface area contributed by atoms with Gasteiger partial charge in [-0.2, -0.15) is 5.10 Å². The van der Waals surface area contributed by atoms with Gasteiger partial charge in [-0.1, -0.05) is 12.1 Å². The second-order valence-corrected chi connectivity index (χ2v) is 10.4. The standard InChI is InChI=1S/C23H27N3O5S/c1-29-17-9-7-16(8-10-17)19-15-20-18-5-4-6-21(30-2)22(18)31-23(26(20)24-19)11-13-25(14-12-23)32(3,27)28/h4-10,20H,11-15H2,1-3H3/t20-/m1/s1. The smallest absolute Gasteiger partial charge is 0.211 e. The van der Waals surface area contributed by atoms with E-state index in [-0.39, 0.29) is 6.04 Å². The van der Waals surface area contributed by atoms with Gasteiger partial charge in [0.15, 0.2) is 11.5 Å². The van der Waals surface area contributed by atoms with Crippen LogP contribution in [0, 0.1) is 0 Å². The number of nitrogens with zero attached hydrogens (tertiary/aromatic N) is 3. The molecule has 8 nitrogen and oxygen atoms in total. The van der Waals surface area contributed by atoms with Gasteiger partial charge in [-0.25, -0.2) is 17.7 Å². The molecule has 0 saturated carbocycles. The van der Waals surface area contributed by atoms with Crippen LogP contribution in [-0.2, 0) is 10.0 Å². The van der Waals surface area contributed by atoms with Crippen molar-refractivity contribution in [1.29, 1.82) is 0 Å². The maximum atomic E-state index is 12.1. The van der Waals surface area contributed by atoms with Gasteiger partial charge in [0.25, 0.3) is 0 Å². The summed E-state index contributed by atoms with van der Waals surface area (Å²) >= 11 is 0. The number of methoxy groups -OCH3 is 2. The van der Waals surface area contributed by atoms with E-state index >= 15 is 0 Å². The molecule has 170 valence electrons. The van der Waals surface area contributed by atoms with E-state index in [2.05, 4.69) is 11.1 Å². The van der Waals surface area contributed by atoms with E-state index in [1.165, 1.54) is 10.6 Å². The molecule has 1 fully saturated rings. The van der Waals surface area contributed by atoms with Crippen molar-refractivity contribution >= 4 is 15.7 Å². The number of piperidine rings is 1. The predicted octanol–water partition coefficient (Wildman–Crippen LogP) is 3.00. The Hall–Kier alpha value is -2.78. The quantitative estimate of drug-likeness (QED) is 0.702. The minimum atomic E-state index is -3.25. The van der Waals surface area contributed by atoms with Crippen LogP contribution in [0.2, 0.25) is 0 Å². The summed E-state index contributed by atoms with van der Waals surface area (Å²) in [4.78, 5) is 0. The molecule has 0 amide bonds. The van der Waals surface area contributed by atoms with Crippen molar-refractivity contribution in [3.63, 3.8) is 0 Å². The Morgan fingerprint density at radius 2 is 1.78 bits per heavy atom. The third-order valence-electron chi connectivity index (χ3n) is 6.60. The largest absolute Gasteiger partial charge is 0.497 e. The number of hydrazone groups is 1. The van der Waals surface area contributed by atoms with Gasteiger partial charge in [-0.3, -0.25) is 0 Å². The molecule has 1 spiro atoms. The molecule has 3 heterocycles. The summed E-state index contributed by atoms with van der Waals surface area (Å²) in [6.45, 7) is 0.778. The summed E-state index contributed by atoms with van der Waals surface area (Å²) < 4.78 is 43.2. The Bertz CT molecular complexity index is 1150. The molecule has 0 aromatic heterocycles. The van der Waals surface area contributed by atoms with Gasteiger partial charge in [0, 0.05) is 37.9 Å². The fourth-order valence-corrected chi connectivity index (χ4v) is 5.73. The first-order valence-electron chi connectivity index (χ1n) is 10.7. The lowest BCUT2D eigenvalue weighted by Gasteiger charge is -2.50. The summed E-state index contributed by atoms with van der Waals surface area (Å²) in [7, 11) is 0.0364. The van der Waals surface area contributed by atoms with E-state index in [1.54, 1.807) is 14.2 Å². The number of rotatable bonds is 4. The molecule has 1 atom stereocenters. The minimum Gasteiger partial charge on any atom is -0.497 e. The Balaban J connectivity index is 1.55. The zero-order valence-corrected chi connectivity index (χ0v) is 19.3. The van der Waals surface area contributed by atoms with Crippen LogP contribution in [0.25, 0.3) is 0 Å². The lowest BCUT2D eigenvalue weighted by atomic mass is 9.91. The first-order chi connectivity index (χ1) is 15.3. The van der Waals surface area contributed by atoms with E-state index in [0.29, 0.717) is 31.7 Å². The predicted molar refractivity (Wildman–Crippen MR) is 121 cm³/mol. The van der Waals surface area contributed by atoms with E-state index in [4.69, 9.17) is 19.3 Å². The number of fused-ring (bicyclic) bond motifs is 4. The third kappa shape index (κ3) is 3.40. The maximum absolute atomic E-state index is 12.1. The van der Waals surface area contributed by atoms with Crippen LogP contribution in [0.15, 0.2) is 47.6 Å². The molecule has 1 saturated heterocycles. The zero-order chi connectivity index (χ0) is 22.5. The molecule has 3 aliphatic rings. The van der Waals surface area contributed by atoms with Crippen LogP contribution in [0.1, 0.15) is 36.4 Å². The third-order valence-corrected chi connectivity index (χ3v) is 7.91. The topological polar surface area (TPSA) is 80.7 Å². The summed E-state index contributed by atoms with van der Waals surface area (Å²) in [6, 6.07) is 13.8. The number of sulfonamides is 1. The minimum absolute atomic E-state index is 0.00395. The highest BCUT2D eigenvalue weighted by Gasteiger charge is 2.53. The Morgan fingerprint density at radius 3 is 2.41 bits per heavy atom. The van der Waals surface area contributed by atoms with Gasteiger partial charge in [-0.15, -0.1) is 0 Å². The van der Waals surface area contributed by atoms with Crippen molar-refractivity contribution < 1.29 is 22.6 Å². The molecular weight excluding hydrogens is 430 g/mol. The van der Waals surface area contributed by atoms with Gasteiger partial charge in [0.05, 0.1) is 32.2 Å². The molecule has 0 bridgehead atoms. The van der Waals surface area contributed by atoms with Gasteiger partial charge >= 0.3 is 0 Å². The zero-order valence-electron chi connectivity index (χ0n) is 18.4. The lowest BCUT2D eigenvalue weighted by Crippen LogP contribution is -2.59. The average Bonchev–Trinajstić information content (AvgIpc) is 3.25. The molecule has 3 aliphatic heterocycles. The van der Waals surface area contributed by atoms with E-state index in [9.17, 15) is 8.42 Å². The fraction of sp³-hybridized carbons (Fsp3) is 0.435. The van der Waals surface area contributed by atoms with Crippen molar-refractivity contribution in [2.75, 3.05) is 33.6 Å². The molecule has 5 rings (SSSR count). The monoisotopic (exact) mass is 457 g/mol. The van der Waals surface area contributed by atoms with Crippen molar-refractivity contribution in [2.24, 2.45) is 5.10 Å². The number of para-hydroxylation sites is 1. The lowest BCUT2D eigenvalue weighted by molar-refractivity contribution is -0.144. The van der Waals surface area contributed by atoms with Crippen LogP contribution in [-0.4, -0.2) is 62.7 Å². The summed E-state index contributed by atoms with van der Waals surface area (Å²) in [6.07, 6.45) is 3.03. The second kappa shape index (κ2) is 7.67. The highest BCUT2D eigenvalue weighted by molar-refractivity contribution is 7.88. The number of ether oxygens (including phenoxy) is 3. The molecular formula is C23H27N3O5S. The molecule has 9 heteroatoms. The Labute approximate surface area is 188 Å². The SMILES string of the molecule is COc1ccc(C2=NN3[C@H](C2)c2cccc(OC)c2OC32CCN(S(C)(=O)=O)CC2)cc1. The molecule has 2 aromatic rings. The van der Waals surface area contributed by atoms with Crippen molar-refractivity contribution in [3.8, 4) is 17.2 Å². The van der Waals surface area contributed by atoms with Crippen LogP contribution < -0.4 is 14.2 Å². The molecule has 0 radical (unpaired) electrons. The van der Waals surface area contributed by atoms with E-state index < -0.39 is 15.7 Å². The van der Waals surface area contributed by atoms with Crippen LogP contribution in [0.5, 0.6) is 17.2 Å². The molecule has 0 N–H and O–H groups in total. The van der Waals surface area contributed by atoms with Crippen molar-refractivity contribution in [2.45, 2.75) is 31.0 Å². The summed E-state index contributed by atoms with van der Waals surface area (Å²) in [5.41, 5.74) is 2.32. The van der Waals surface area contributed by atoms with Gasteiger partial charge < -0.3 is 14.2 Å². The van der Waals surface area contributed by atoms with Gasteiger partial charge in [0.2, 0.25) is 15.7 Å². The first kappa shape index (κ1) is 21.1. The molecule has 0 unspecified atom stereocenters. The normalized spacial score (nSPS) is 22.0. The van der Waals surface area contributed by atoms with Crippen LogP contribution in [0.3, 0.4) is 0 Å². The van der Waals surface area contributed by atoms with Crippen LogP contribution >= 0.6 is 0 Å².